The summed E-state index contributed by atoms with van der Waals surface area (Å²) in [5.41, 5.74) is 4.51. The van der Waals surface area contributed by atoms with E-state index in [1.165, 1.54) is 0 Å². The molecule has 0 bridgehead atoms. The number of hydrogen-bond acceptors (Lipinski definition) is 3. The van der Waals surface area contributed by atoms with E-state index < -0.39 is 0 Å². The SMILES string of the molecule is CC(=O)c1cccc(-c2ccc3c(c2)C(=O)NC[C@H]2CNC[C@H]32)c1. The molecular weight excluding hydrogens is 300 g/mol. The van der Waals surface area contributed by atoms with Gasteiger partial charge in [-0.1, -0.05) is 30.3 Å². The Morgan fingerprint density at radius 1 is 1.04 bits per heavy atom. The molecule has 0 aliphatic carbocycles. The van der Waals surface area contributed by atoms with Gasteiger partial charge in [0, 0.05) is 36.7 Å². The van der Waals surface area contributed by atoms with Crippen LogP contribution in [0.1, 0.15) is 39.1 Å². The van der Waals surface area contributed by atoms with Gasteiger partial charge in [-0.2, -0.15) is 0 Å². The third kappa shape index (κ3) is 2.53. The van der Waals surface area contributed by atoms with Crippen LogP contribution in [0.5, 0.6) is 0 Å². The molecule has 0 spiro atoms. The summed E-state index contributed by atoms with van der Waals surface area (Å²) in [4.78, 5) is 24.1. The predicted octanol–water partition coefficient (Wildman–Crippen LogP) is 2.60. The molecule has 2 aromatic carbocycles. The van der Waals surface area contributed by atoms with Gasteiger partial charge in [-0.25, -0.2) is 0 Å². The minimum atomic E-state index is 0.00368. The second kappa shape index (κ2) is 5.87. The molecule has 2 aliphatic heterocycles. The van der Waals surface area contributed by atoms with Crippen molar-refractivity contribution in [2.24, 2.45) is 5.92 Å². The van der Waals surface area contributed by atoms with Crippen molar-refractivity contribution in [3.05, 3.63) is 59.2 Å². The molecule has 1 fully saturated rings. The van der Waals surface area contributed by atoms with Crippen molar-refractivity contribution in [1.29, 1.82) is 0 Å². The zero-order valence-corrected chi connectivity index (χ0v) is 13.6. The highest BCUT2D eigenvalue weighted by molar-refractivity contribution is 5.98. The van der Waals surface area contributed by atoms with Gasteiger partial charge in [-0.3, -0.25) is 9.59 Å². The molecule has 0 aromatic heterocycles. The third-order valence-corrected chi connectivity index (χ3v) is 5.16. The monoisotopic (exact) mass is 320 g/mol. The lowest BCUT2D eigenvalue weighted by atomic mass is 9.86. The Labute approximate surface area is 141 Å². The predicted molar refractivity (Wildman–Crippen MR) is 93.3 cm³/mol. The molecule has 0 unspecified atom stereocenters. The molecule has 0 radical (unpaired) electrons. The summed E-state index contributed by atoms with van der Waals surface area (Å²) in [6.45, 7) is 4.16. The van der Waals surface area contributed by atoms with Crippen molar-refractivity contribution in [3.63, 3.8) is 0 Å². The molecule has 2 aliphatic rings. The summed E-state index contributed by atoms with van der Waals surface area (Å²) in [6, 6.07) is 13.7. The molecular formula is C20H20N2O2. The van der Waals surface area contributed by atoms with Crippen molar-refractivity contribution in [2.45, 2.75) is 12.8 Å². The first-order chi connectivity index (χ1) is 11.6. The van der Waals surface area contributed by atoms with Gasteiger partial charge in [-0.05, 0) is 41.7 Å². The molecule has 4 heteroatoms. The lowest BCUT2D eigenvalue weighted by molar-refractivity contribution is 0.0951. The van der Waals surface area contributed by atoms with Gasteiger partial charge in [0.25, 0.3) is 5.91 Å². The Bertz CT molecular complexity index is 828. The normalized spacial score (nSPS) is 22.3. The van der Waals surface area contributed by atoms with Crippen LogP contribution >= 0.6 is 0 Å². The van der Waals surface area contributed by atoms with E-state index in [2.05, 4.69) is 22.8 Å². The fraction of sp³-hybridized carbons (Fsp3) is 0.300. The van der Waals surface area contributed by atoms with E-state index in [9.17, 15) is 9.59 Å². The largest absolute Gasteiger partial charge is 0.352 e. The molecule has 1 amide bonds. The number of amides is 1. The molecule has 24 heavy (non-hydrogen) atoms. The second-order valence-electron chi connectivity index (χ2n) is 6.67. The quantitative estimate of drug-likeness (QED) is 0.836. The maximum absolute atomic E-state index is 12.5. The van der Waals surface area contributed by atoms with Gasteiger partial charge in [0.2, 0.25) is 0 Å². The first-order valence-electron chi connectivity index (χ1n) is 8.38. The molecule has 4 rings (SSSR count). The van der Waals surface area contributed by atoms with Gasteiger partial charge in [0.1, 0.15) is 0 Å². The zero-order chi connectivity index (χ0) is 16.7. The number of rotatable bonds is 2. The number of fused-ring (bicyclic) bond motifs is 3. The summed E-state index contributed by atoms with van der Waals surface area (Å²) in [6.07, 6.45) is 0. The summed E-state index contributed by atoms with van der Waals surface area (Å²) in [5.74, 6) is 0.895. The Morgan fingerprint density at radius 2 is 1.88 bits per heavy atom. The van der Waals surface area contributed by atoms with Crippen LogP contribution in [0.4, 0.5) is 0 Å². The number of Topliss-reactive ketones (excluding diaryl/α,β-unsaturated/α-hetero) is 1. The summed E-state index contributed by atoms with van der Waals surface area (Å²) < 4.78 is 0. The Kier molecular flexibility index (Phi) is 3.69. The first kappa shape index (κ1) is 15.1. The van der Waals surface area contributed by atoms with Gasteiger partial charge >= 0.3 is 0 Å². The number of carbonyl (C=O) groups excluding carboxylic acids is 2. The standard InChI is InChI=1S/C20H20N2O2/c1-12(23)13-3-2-4-14(7-13)15-5-6-17-18(8-15)20(24)22-10-16-9-21-11-19(16)17/h2-8,16,19,21H,9-11H2,1H3,(H,22,24)/t16-,19+/m1/s1. The highest BCUT2D eigenvalue weighted by Crippen LogP contribution is 2.34. The van der Waals surface area contributed by atoms with Crippen molar-refractivity contribution >= 4 is 11.7 Å². The topological polar surface area (TPSA) is 58.2 Å². The summed E-state index contributed by atoms with van der Waals surface area (Å²) in [7, 11) is 0. The van der Waals surface area contributed by atoms with E-state index in [0.717, 1.165) is 41.9 Å². The average Bonchev–Trinajstić information content (AvgIpc) is 3.03. The fourth-order valence-electron chi connectivity index (χ4n) is 3.80. The summed E-state index contributed by atoms with van der Waals surface area (Å²) in [5, 5.41) is 6.47. The minimum absolute atomic E-state index is 0.00368. The molecule has 0 saturated carbocycles. The van der Waals surface area contributed by atoms with Crippen molar-refractivity contribution in [3.8, 4) is 11.1 Å². The summed E-state index contributed by atoms with van der Waals surface area (Å²) >= 11 is 0. The lowest BCUT2D eigenvalue weighted by Gasteiger charge is -2.17. The number of ketones is 1. The smallest absolute Gasteiger partial charge is 0.251 e. The van der Waals surface area contributed by atoms with Crippen LogP contribution in [0, 0.1) is 5.92 Å². The van der Waals surface area contributed by atoms with E-state index in [0.29, 0.717) is 17.4 Å². The van der Waals surface area contributed by atoms with Gasteiger partial charge in [-0.15, -0.1) is 0 Å². The minimum Gasteiger partial charge on any atom is -0.352 e. The molecule has 122 valence electrons. The second-order valence-corrected chi connectivity index (χ2v) is 6.67. The molecule has 2 atom stereocenters. The number of benzene rings is 2. The van der Waals surface area contributed by atoms with Crippen molar-refractivity contribution < 1.29 is 9.59 Å². The van der Waals surface area contributed by atoms with Gasteiger partial charge in [0.05, 0.1) is 0 Å². The van der Waals surface area contributed by atoms with Crippen LogP contribution in [0.15, 0.2) is 42.5 Å². The third-order valence-electron chi connectivity index (χ3n) is 5.16. The zero-order valence-electron chi connectivity index (χ0n) is 13.6. The Balaban J connectivity index is 1.79. The maximum Gasteiger partial charge on any atom is 0.251 e. The van der Waals surface area contributed by atoms with E-state index >= 15 is 0 Å². The average molecular weight is 320 g/mol. The van der Waals surface area contributed by atoms with E-state index in [4.69, 9.17) is 0 Å². The Hall–Kier alpha value is -2.46. The molecule has 2 heterocycles. The maximum atomic E-state index is 12.5. The molecule has 4 nitrogen and oxygen atoms in total. The van der Waals surface area contributed by atoms with E-state index in [1.807, 2.05) is 30.3 Å². The molecule has 2 aromatic rings. The van der Waals surface area contributed by atoms with Crippen molar-refractivity contribution in [2.75, 3.05) is 19.6 Å². The first-order valence-corrected chi connectivity index (χ1v) is 8.38. The number of carbonyl (C=O) groups is 2. The van der Waals surface area contributed by atoms with Crippen LogP contribution in [-0.4, -0.2) is 31.3 Å². The van der Waals surface area contributed by atoms with Gasteiger partial charge in [0.15, 0.2) is 5.78 Å². The molecule has 2 N–H and O–H groups in total. The highest BCUT2D eigenvalue weighted by atomic mass is 16.1. The van der Waals surface area contributed by atoms with Crippen molar-refractivity contribution in [1.82, 2.24) is 10.6 Å². The molecule has 1 saturated heterocycles. The number of nitrogens with one attached hydrogen (secondary N) is 2. The van der Waals surface area contributed by atoms with Crippen LogP contribution < -0.4 is 10.6 Å². The highest BCUT2D eigenvalue weighted by Gasteiger charge is 2.34. The fourth-order valence-corrected chi connectivity index (χ4v) is 3.80. The Morgan fingerprint density at radius 3 is 2.71 bits per heavy atom. The lowest BCUT2D eigenvalue weighted by Crippen LogP contribution is -2.28. The van der Waals surface area contributed by atoms with Crippen LogP contribution in [0.25, 0.3) is 11.1 Å². The number of hydrogen-bond donors (Lipinski definition) is 2. The van der Waals surface area contributed by atoms with Gasteiger partial charge < -0.3 is 10.6 Å². The van der Waals surface area contributed by atoms with Crippen LogP contribution in [0.2, 0.25) is 0 Å². The van der Waals surface area contributed by atoms with Crippen LogP contribution in [0.3, 0.4) is 0 Å². The van der Waals surface area contributed by atoms with E-state index in [1.54, 1.807) is 6.92 Å². The van der Waals surface area contributed by atoms with E-state index in [-0.39, 0.29) is 11.7 Å². The van der Waals surface area contributed by atoms with Crippen LogP contribution in [-0.2, 0) is 0 Å².